The maximum atomic E-state index is 8.83. The molecule has 1 unspecified atom stereocenters. The van der Waals surface area contributed by atoms with Crippen molar-refractivity contribution < 1.29 is 9.53 Å². The summed E-state index contributed by atoms with van der Waals surface area (Å²) >= 11 is 0. The molecule has 1 saturated heterocycles. The average Bonchev–Trinajstić information content (AvgIpc) is 2.28. The largest absolute Gasteiger partial charge is 0.409 e. The quantitative estimate of drug-likeness (QED) is 0.535. The number of hydrogen-bond donors (Lipinski definition) is 1. The van der Waals surface area contributed by atoms with Crippen LogP contribution in [0.4, 0.5) is 0 Å². The van der Waals surface area contributed by atoms with Crippen molar-refractivity contribution in [3.8, 4) is 12.3 Å². The van der Waals surface area contributed by atoms with Crippen LogP contribution < -0.4 is 0 Å². The van der Waals surface area contributed by atoms with E-state index in [1.54, 1.807) is 0 Å². The molecule has 0 aromatic heterocycles. The van der Waals surface area contributed by atoms with Crippen molar-refractivity contribution in [1.29, 1.82) is 0 Å². The normalized spacial score (nSPS) is 29.1. The summed E-state index contributed by atoms with van der Waals surface area (Å²) in [6.07, 6.45) is 8.88. The van der Waals surface area contributed by atoms with Gasteiger partial charge < -0.3 is 9.53 Å². The van der Waals surface area contributed by atoms with Crippen molar-refractivity contribution in [1.82, 2.24) is 0 Å². The fraction of sp³-hybridized carbons (Fsp3) is 0.600. The molecule has 13 heavy (non-hydrogen) atoms. The first kappa shape index (κ1) is 10.5. The van der Waals surface area contributed by atoms with Crippen LogP contribution in [0, 0.1) is 12.3 Å². The first-order valence-corrected chi connectivity index (χ1v) is 7.42. The Balaban J connectivity index is 2.69. The molecular weight excluding hydrogens is 180 g/mol. The van der Waals surface area contributed by atoms with Gasteiger partial charge in [0.05, 0.1) is 12.7 Å². The Labute approximate surface area is 80.7 Å². The number of hydrogen-bond acceptors (Lipinski definition) is 2. The van der Waals surface area contributed by atoms with Gasteiger partial charge in [-0.05, 0) is 19.5 Å². The highest BCUT2D eigenvalue weighted by molar-refractivity contribution is 6.79. The van der Waals surface area contributed by atoms with Gasteiger partial charge in [-0.3, -0.25) is 0 Å². The number of terminal acetylenes is 1. The summed E-state index contributed by atoms with van der Waals surface area (Å²) in [6, 6.07) is 0. The average molecular weight is 196 g/mol. The van der Waals surface area contributed by atoms with Gasteiger partial charge in [0.1, 0.15) is 0 Å². The molecule has 0 spiro atoms. The van der Waals surface area contributed by atoms with Gasteiger partial charge in [0.25, 0.3) is 0 Å². The van der Waals surface area contributed by atoms with Gasteiger partial charge in [0.15, 0.2) is 0 Å². The Morgan fingerprint density at radius 1 is 1.77 bits per heavy atom. The van der Waals surface area contributed by atoms with Crippen LogP contribution in [0.5, 0.6) is 0 Å². The first-order valence-electron chi connectivity index (χ1n) is 4.52. The van der Waals surface area contributed by atoms with Gasteiger partial charge in [-0.15, -0.1) is 12.3 Å². The topological polar surface area (TPSA) is 29.5 Å². The Kier molecular flexibility index (Phi) is 3.31. The summed E-state index contributed by atoms with van der Waals surface area (Å²) < 4.78 is 5.87. The van der Waals surface area contributed by atoms with E-state index in [9.17, 15) is 0 Å². The lowest BCUT2D eigenvalue weighted by molar-refractivity contribution is 0.231. The van der Waals surface area contributed by atoms with E-state index in [2.05, 4.69) is 19.0 Å². The number of rotatable bonds is 2. The van der Waals surface area contributed by atoms with Crippen LogP contribution in [0.2, 0.25) is 13.1 Å². The second-order valence-electron chi connectivity index (χ2n) is 3.77. The van der Waals surface area contributed by atoms with Crippen LogP contribution in [-0.4, -0.2) is 26.1 Å². The Morgan fingerprint density at radius 2 is 2.46 bits per heavy atom. The van der Waals surface area contributed by atoms with E-state index >= 15 is 0 Å². The minimum atomic E-state index is -1.69. The third kappa shape index (κ3) is 2.44. The molecule has 0 amide bonds. The SMILES string of the molecule is C#CCC1C/C(=C/CO)[Si](C)(C)O1. The summed E-state index contributed by atoms with van der Waals surface area (Å²) in [5.74, 6) is 2.62. The fourth-order valence-electron chi connectivity index (χ4n) is 1.71. The molecule has 0 aliphatic carbocycles. The van der Waals surface area contributed by atoms with E-state index in [1.807, 2.05) is 6.08 Å². The second kappa shape index (κ2) is 4.10. The molecule has 1 fully saturated rings. The molecule has 0 aromatic carbocycles. The molecule has 1 rings (SSSR count). The molecule has 72 valence electrons. The number of aliphatic hydroxyl groups is 1. The summed E-state index contributed by atoms with van der Waals surface area (Å²) in [4.78, 5) is 0. The van der Waals surface area contributed by atoms with Crippen molar-refractivity contribution in [2.75, 3.05) is 6.61 Å². The zero-order valence-electron chi connectivity index (χ0n) is 8.21. The monoisotopic (exact) mass is 196 g/mol. The highest BCUT2D eigenvalue weighted by atomic mass is 28.4. The Hall–Kier alpha value is -0.563. The molecule has 0 aromatic rings. The van der Waals surface area contributed by atoms with Crippen LogP contribution in [0.1, 0.15) is 12.8 Å². The molecule has 2 nitrogen and oxygen atoms in total. The first-order chi connectivity index (χ1) is 6.10. The lowest BCUT2D eigenvalue weighted by Crippen LogP contribution is -2.28. The molecule has 1 aliphatic rings. The van der Waals surface area contributed by atoms with Crippen LogP contribution in [0.15, 0.2) is 11.3 Å². The van der Waals surface area contributed by atoms with Gasteiger partial charge in [0, 0.05) is 6.42 Å². The second-order valence-corrected chi connectivity index (χ2v) is 7.67. The van der Waals surface area contributed by atoms with E-state index in [-0.39, 0.29) is 12.7 Å². The van der Waals surface area contributed by atoms with E-state index in [1.165, 1.54) is 5.20 Å². The van der Waals surface area contributed by atoms with E-state index < -0.39 is 8.32 Å². The highest BCUT2D eigenvalue weighted by Gasteiger charge is 2.38. The third-order valence-electron chi connectivity index (χ3n) is 2.37. The Bertz CT molecular complexity index is 250. The summed E-state index contributed by atoms with van der Waals surface area (Å²) in [6.45, 7) is 4.40. The van der Waals surface area contributed by atoms with Crippen molar-refractivity contribution in [2.24, 2.45) is 0 Å². The highest BCUT2D eigenvalue weighted by Crippen LogP contribution is 2.32. The molecule has 0 saturated carbocycles. The third-order valence-corrected chi connectivity index (χ3v) is 5.24. The summed E-state index contributed by atoms with van der Waals surface area (Å²) in [7, 11) is -1.69. The molecule has 1 aliphatic heterocycles. The maximum absolute atomic E-state index is 8.83. The van der Waals surface area contributed by atoms with Gasteiger partial charge >= 0.3 is 0 Å². The molecule has 3 heteroatoms. The van der Waals surface area contributed by atoms with Crippen molar-refractivity contribution in [2.45, 2.75) is 32.0 Å². The molecule has 0 radical (unpaired) electrons. The van der Waals surface area contributed by atoms with Crippen LogP contribution >= 0.6 is 0 Å². The lowest BCUT2D eigenvalue weighted by Gasteiger charge is -2.16. The molecule has 0 bridgehead atoms. The van der Waals surface area contributed by atoms with Crippen LogP contribution in [0.3, 0.4) is 0 Å². The van der Waals surface area contributed by atoms with Gasteiger partial charge in [0.2, 0.25) is 8.32 Å². The predicted molar refractivity (Wildman–Crippen MR) is 55.6 cm³/mol. The molecular formula is C10H16O2Si. The van der Waals surface area contributed by atoms with Crippen molar-refractivity contribution >= 4 is 8.32 Å². The zero-order chi connectivity index (χ0) is 9.90. The standard InChI is InChI=1S/C10H16O2Si/c1-4-5-9-8-10(6-7-11)13(2,3)12-9/h1,6,9,11H,5,7-8H2,2-3H3/b10-6-. The fourth-order valence-corrected chi connectivity index (χ4v) is 4.16. The van der Waals surface area contributed by atoms with Gasteiger partial charge in [-0.2, -0.15) is 0 Å². The maximum Gasteiger partial charge on any atom is 0.214 e. The minimum absolute atomic E-state index is 0.109. The van der Waals surface area contributed by atoms with Gasteiger partial charge in [-0.25, -0.2) is 0 Å². The van der Waals surface area contributed by atoms with E-state index in [4.69, 9.17) is 16.0 Å². The van der Waals surface area contributed by atoms with Crippen molar-refractivity contribution in [3.05, 3.63) is 11.3 Å². The zero-order valence-corrected chi connectivity index (χ0v) is 9.21. The smallest absolute Gasteiger partial charge is 0.214 e. The minimum Gasteiger partial charge on any atom is -0.409 e. The summed E-state index contributed by atoms with van der Waals surface area (Å²) in [5.41, 5.74) is 0. The van der Waals surface area contributed by atoms with Crippen LogP contribution in [-0.2, 0) is 4.43 Å². The molecule has 1 N–H and O–H groups in total. The van der Waals surface area contributed by atoms with Crippen LogP contribution in [0.25, 0.3) is 0 Å². The van der Waals surface area contributed by atoms with Gasteiger partial charge in [-0.1, -0.05) is 11.3 Å². The van der Waals surface area contributed by atoms with E-state index in [0.717, 1.165) is 6.42 Å². The summed E-state index contributed by atoms with van der Waals surface area (Å²) in [5, 5.41) is 10.1. The molecule has 1 heterocycles. The lowest BCUT2D eigenvalue weighted by atomic mass is 10.2. The number of aliphatic hydroxyl groups excluding tert-OH is 1. The molecule has 1 atom stereocenters. The van der Waals surface area contributed by atoms with E-state index in [0.29, 0.717) is 6.42 Å². The predicted octanol–water partition coefficient (Wildman–Crippen LogP) is 1.46. The Morgan fingerprint density at radius 3 is 3.00 bits per heavy atom. The van der Waals surface area contributed by atoms with Crippen molar-refractivity contribution in [3.63, 3.8) is 0 Å².